The second-order valence-electron chi connectivity index (χ2n) is 8.11. The third-order valence-corrected chi connectivity index (χ3v) is 6.20. The lowest BCUT2D eigenvalue weighted by Crippen LogP contribution is -2.49. The van der Waals surface area contributed by atoms with Crippen LogP contribution in [0, 0.1) is 20.8 Å². The zero-order valence-electron chi connectivity index (χ0n) is 18.2. The first-order valence-electron chi connectivity index (χ1n) is 10.6. The lowest BCUT2D eigenvalue weighted by molar-refractivity contribution is 0.0746. The van der Waals surface area contributed by atoms with Gasteiger partial charge in [0.1, 0.15) is 11.6 Å². The number of aryl methyl sites for hydroxylation is 3. The van der Waals surface area contributed by atoms with Crippen molar-refractivity contribution in [1.29, 1.82) is 0 Å². The fraction of sp³-hybridized carbons (Fsp3) is 0.320. The van der Waals surface area contributed by atoms with Gasteiger partial charge in [0, 0.05) is 53.9 Å². The highest BCUT2D eigenvalue weighted by Gasteiger charge is 2.25. The van der Waals surface area contributed by atoms with Gasteiger partial charge in [-0.05, 0) is 44.5 Å². The Hall–Kier alpha value is -2.73. The van der Waals surface area contributed by atoms with E-state index >= 15 is 0 Å². The van der Waals surface area contributed by atoms with Crippen LogP contribution in [0.3, 0.4) is 0 Å². The Morgan fingerprint density at radius 1 is 0.968 bits per heavy atom. The maximum Gasteiger partial charge on any atom is 0.254 e. The van der Waals surface area contributed by atoms with Crippen LogP contribution < -0.4 is 4.90 Å². The molecule has 1 fully saturated rings. The van der Waals surface area contributed by atoms with Crippen molar-refractivity contribution in [3.05, 3.63) is 86.8 Å². The molecule has 1 aliphatic heterocycles. The molecular weight excluding hydrogens is 452 g/mol. The quantitative estimate of drug-likeness (QED) is 0.544. The SMILES string of the molecule is Cc1cccc(Cc2c(C)nc(C)nc2N2CCN(C(=O)c3cccc(Br)c3)CC2)c1. The maximum absolute atomic E-state index is 12.9. The number of piperazine rings is 1. The summed E-state index contributed by atoms with van der Waals surface area (Å²) >= 11 is 3.45. The van der Waals surface area contributed by atoms with Gasteiger partial charge in [0.15, 0.2) is 0 Å². The fourth-order valence-electron chi connectivity index (χ4n) is 4.14. The molecule has 0 unspecified atom stereocenters. The average Bonchev–Trinajstić information content (AvgIpc) is 2.75. The van der Waals surface area contributed by atoms with Crippen LogP contribution >= 0.6 is 15.9 Å². The van der Waals surface area contributed by atoms with E-state index in [9.17, 15) is 4.79 Å². The molecule has 160 valence electrons. The number of hydrogen-bond acceptors (Lipinski definition) is 4. The first kappa shape index (κ1) is 21.5. The zero-order chi connectivity index (χ0) is 22.0. The summed E-state index contributed by atoms with van der Waals surface area (Å²) in [4.78, 5) is 26.6. The highest BCUT2D eigenvalue weighted by Crippen LogP contribution is 2.26. The lowest BCUT2D eigenvalue weighted by atomic mass is 10.0. The normalized spacial score (nSPS) is 14.1. The van der Waals surface area contributed by atoms with Gasteiger partial charge in [0.05, 0.1) is 0 Å². The number of hydrogen-bond donors (Lipinski definition) is 0. The van der Waals surface area contributed by atoms with Gasteiger partial charge in [-0.3, -0.25) is 4.79 Å². The highest BCUT2D eigenvalue weighted by atomic mass is 79.9. The number of amides is 1. The van der Waals surface area contributed by atoms with Crippen molar-refractivity contribution in [2.75, 3.05) is 31.1 Å². The van der Waals surface area contributed by atoms with Gasteiger partial charge < -0.3 is 9.80 Å². The standard InChI is InChI=1S/C25H27BrN4O/c1-17-6-4-7-20(14-17)15-23-18(2)27-19(3)28-24(23)29-10-12-30(13-11-29)25(31)21-8-5-9-22(26)16-21/h4-9,14,16H,10-13,15H2,1-3H3. The average molecular weight is 479 g/mol. The zero-order valence-corrected chi connectivity index (χ0v) is 19.8. The molecule has 3 aromatic rings. The minimum Gasteiger partial charge on any atom is -0.353 e. The van der Waals surface area contributed by atoms with Crippen LogP contribution in [0.15, 0.2) is 53.0 Å². The van der Waals surface area contributed by atoms with Crippen LogP contribution in [-0.2, 0) is 6.42 Å². The second kappa shape index (κ2) is 9.18. The smallest absolute Gasteiger partial charge is 0.254 e. The molecule has 0 radical (unpaired) electrons. The monoisotopic (exact) mass is 478 g/mol. The van der Waals surface area contributed by atoms with Gasteiger partial charge in [-0.15, -0.1) is 0 Å². The van der Waals surface area contributed by atoms with Gasteiger partial charge in [-0.2, -0.15) is 0 Å². The van der Waals surface area contributed by atoms with Crippen LogP contribution in [-0.4, -0.2) is 47.0 Å². The number of carbonyl (C=O) groups is 1. The van der Waals surface area contributed by atoms with E-state index < -0.39 is 0 Å². The summed E-state index contributed by atoms with van der Waals surface area (Å²) in [6, 6.07) is 16.2. The van der Waals surface area contributed by atoms with Crippen LogP contribution in [0.5, 0.6) is 0 Å². The van der Waals surface area contributed by atoms with Gasteiger partial charge in [-0.1, -0.05) is 51.8 Å². The van der Waals surface area contributed by atoms with Crippen LogP contribution in [0.25, 0.3) is 0 Å². The summed E-state index contributed by atoms with van der Waals surface area (Å²) in [6.07, 6.45) is 0.806. The van der Waals surface area contributed by atoms with Crippen LogP contribution in [0.4, 0.5) is 5.82 Å². The molecule has 5 nitrogen and oxygen atoms in total. The summed E-state index contributed by atoms with van der Waals surface area (Å²) in [5.74, 6) is 1.87. The van der Waals surface area contributed by atoms with Crippen LogP contribution in [0.2, 0.25) is 0 Å². The van der Waals surface area contributed by atoms with Gasteiger partial charge in [0.2, 0.25) is 0 Å². The Bertz CT molecular complexity index is 1110. The predicted octanol–water partition coefficient (Wildman–Crippen LogP) is 4.72. The van der Waals surface area contributed by atoms with Crippen LogP contribution in [0.1, 0.15) is 38.6 Å². The molecule has 0 aliphatic carbocycles. The molecule has 2 aromatic carbocycles. The number of rotatable bonds is 4. The van der Waals surface area contributed by atoms with Crippen molar-refractivity contribution < 1.29 is 4.79 Å². The summed E-state index contributed by atoms with van der Waals surface area (Å²) in [7, 11) is 0. The third kappa shape index (κ3) is 4.96. The van der Waals surface area contributed by atoms with Crippen molar-refractivity contribution in [3.8, 4) is 0 Å². The topological polar surface area (TPSA) is 49.3 Å². The van der Waals surface area contributed by atoms with E-state index in [4.69, 9.17) is 4.98 Å². The number of carbonyl (C=O) groups excluding carboxylic acids is 1. The van der Waals surface area contributed by atoms with Gasteiger partial charge in [-0.25, -0.2) is 9.97 Å². The van der Waals surface area contributed by atoms with Crippen molar-refractivity contribution in [3.63, 3.8) is 0 Å². The van der Waals surface area contributed by atoms with E-state index in [1.807, 2.05) is 36.1 Å². The molecule has 0 N–H and O–H groups in total. The second-order valence-corrected chi connectivity index (χ2v) is 9.03. The van der Waals surface area contributed by atoms with Gasteiger partial charge >= 0.3 is 0 Å². The summed E-state index contributed by atoms with van der Waals surface area (Å²) < 4.78 is 0.921. The fourth-order valence-corrected chi connectivity index (χ4v) is 4.54. The van der Waals surface area contributed by atoms with E-state index in [1.54, 1.807) is 0 Å². The molecule has 0 spiro atoms. The molecule has 1 aromatic heterocycles. The number of benzene rings is 2. The molecule has 1 saturated heterocycles. The maximum atomic E-state index is 12.9. The largest absolute Gasteiger partial charge is 0.353 e. The van der Waals surface area contributed by atoms with Crippen molar-refractivity contribution in [1.82, 2.24) is 14.9 Å². The molecule has 4 rings (SSSR count). The third-order valence-electron chi connectivity index (χ3n) is 5.71. The van der Waals surface area contributed by atoms with Crippen molar-refractivity contribution in [2.24, 2.45) is 0 Å². The molecule has 0 atom stereocenters. The Balaban J connectivity index is 1.53. The Morgan fingerprint density at radius 3 is 2.42 bits per heavy atom. The summed E-state index contributed by atoms with van der Waals surface area (Å²) in [6.45, 7) is 9.00. The first-order valence-corrected chi connectivity index (χ1v) is 11.4. The minimum absolute atomic E-state index is 0.0796. The van der Waals surface area contributed by atoms with E-state index in [0.29, 0.717) is 13.1 Å². The summed E-state index contributed by atoms with van der Waals surface area (Å²) in [5.41, 5.74) is 5.43. The summed E-state index contributed by atoms with van der Waals surface area (Å²) in [5, 5.41) is 0. The minimum atomic E-state index is 0.0796. The Labute approximate surface area is 192 Å². The number of anilines is 1. The highest BCUT2D eigenvalue weighted by molar-refractivity contribution is 9.10. The molecule has 1 aliphatic rings. The molecule has 2 heterocycles. The van der Waals surface area contributed by atoms with Gasteiger partial charge in [0.25, 0.3) is 5.91 Å². The molecule has 31 heavy (non-hydrogen) atoms. The molecule has 0 saturated carbocycles. The van der Waals surface area contributed by atoms with E-state index in [-0.39, 0.29) is 5.91 Å². The van der Waals surface area contributed by atoms with E-state index in [2.05, 4.69) is 63.9 Å². The first-order chi connectivity index (χ1) is 14.9. The van der Waals surface area contributed by atoms with E-state index in [1.165, 1.54) is 16.7 Å². The Kier molecular flexibility index (Phi) is 6.37. The van der Waals surface area contributed by atoms with Crippen molar-refractivity contribution >= 4 is 27.7 Å². The molecular formula is C25H27BrN4O. The van der Waals surface area contributed by atoms with E-state index in [0.717, 1.165) is 46.9 Å². The predicted molar refractivity (Wildman–Crippen MR) is 128 cm³/mol. The number of nitrogens with zero attached hydrogens (tertiary/aromatic N) is 4. The number of aromatic nitrogens is 2. The lowest BCUT2D eigenvalue weighted by Gasteiger charge is -2.36. The Morgan fingerprint density at radius 2 is 1.71 bits per heavy atom. The molecule has 0 bridgehead atoms. The molecule has 1 amide bonds. The molecule has 6 heteroatoms. The van der Waals surface area contributed by atoms with Crippen molar-refractivity contribution in [2.45, 2.75) is 27.2 Å². The number of halogens is 1.